The van der Waals surface area contributed by atoms with Crippen molar-refractivity contribution in [2.45, 2.75) is 13.3 Å². The van der Waals surface area contributed by atoms with Crippen LogP contribution < -0.4 is 17.0 Å². The Hall–Kier alpha value is 0.986. The molecule has 38 valence electrons. The molecule has 0 aliphatic heterocycles. The second-order valence-corrected chi connectivity index (χ2v) is 1.21. The van der Waals surface area contributed by atoms with E-state index in [1.165, 1.54) is 0 Å². The molecule has 0 radical (unpaired) electrons. The van der Waals surface area contributed by atoms with Gasteiger partial charge in [-0.2, -0.15) is 6.42 Å². The van der Waals surface area contributed by atoms with E-state index in [4.69, 9.17) is 0 Å². The molecule has 0 bridgehead atoms. The smallest absolute Gasteiger partial charge is 1.00 e. The SMILES string of the molecule is C=C(C)C[CH2-].[Br-].[Mg+2]. The first-order valence-electron chi connectivity index (χ1n) is 1.71. The molecule has 0 amide bonds. The van der Waals surface area contributed by atoms with E-state index in [2.05, 4.69) is 13.5 Å². The van der Waals surface area contributed by atoms with Gasteiger partial charge in [0.25, 0.3) is 0 Å². The van der Waals surface area contributed by atoms with E-state index < -0.39 is 0 Å². The maximum absolute atomic E-state index is 3.61. The van der Waals surface area contributed by atoms with Crippen LogP contribution in [0.3, 0.4) is 0 Å². The Morgan fingerprint density at radius 2 is 1.86 bits per heavy atom. The van der Waals surface area contributed by atoms with Crippen molar-refractivity contribution in [3.8, 4) is 0 Å². The Morgan fingerprint density at radius 1 is 1.71 bits per heavy atom. The first-order valence-corrected chi connectivity index (χ1v) is 1.71. The molecule has 7 heavy (non-hydrogen) atoms. The minimum atomic E-state index is 0. The zero-order valence-electron chi connectivity index (χ0n) is 4.71. The van der Waals surface area contributed by atoms with Crippen molar-refractivity contribution in [3.05, 3.63) is 19.1 Å². The van der Waals surface area contributed by atoms with Gasteiger partial charge in [-0.1, -0.05) is 0 Å². The maximum atomic E-state index is 3.61. The topological polar surface area (TPSA) is 0 Å². The summed E-state index contributed by atoms with van der Waals surface area (Å²) in [6, 6.07) is 0. The van der Waals surface area contributed by atoms with Crippen LogP contribution in [0.1, 0.15) is 13.3 Å². The molecule has 0 rings (SSSR count). The van der Waals surface area contributed by atoms with Gasteiger partial charge in [0.05, 0.1) is 0 Å². The van der Waals surface area contributed by atoms with Gasteiger partial charge in [-0.05, 0) is 6.92 Å². The van der Waals surface area contributed by atoms with Gasteiger partial charge in [-0.3, -0.25) is 0 Å². The van der Waals surface area contributed by atoms with Gasteiger partial charge in [0, 0.05) is 0 Å². The second kappa shape index (κ2) is 10.1. The van der Waals surface area contributed by atoms with Gasteiger partial charge in [0.15, 0.2) is 0 Å². The van der Waals surface area contributed by atoms with Gasteiger partial charge in [0.2, 0.25) is 0 Å². The summed E-state index contributed by atoms with van der Waals surface area (Å²) >= 11 is 0. The molecule has 0 spiro atoms. The molecule has 0 aromatic rings. The van der Waals surface area contributed by atoms with Crippen molar-refractivity contribution in [3.63, 3.8) is 0 Å². The molecule has 0 heterocycles. The van der Waals surface area contributed by atoms with Crippen LogP contribution >= 0.6 is 0 Å². The van der Waals surface area contributed by atoms with E-state index in [1.807, 2.05) is 6.92 Å². The van der Waals surface area contributed by atoms with Gasteiger partial charge in [0.1, 0.15) is 0 Å². The average molecular weight is 173 g/mol. The summed E-state index contributed by atoms with van der Waals surface area (Å²) < 4.78 is 0. The maximum Gasteiger partial charge on any atom is 2.00 e. The summed E-state index contributed by atoms with van der Waals surface area (Å²) in [6.07, 6.45) is 0.861. The molecule has 0 saturated heterocycles. The van der Waals surface area contributed by atoms with E-state index >= 15 is 0 Å². The fourth-order valence-electron chi connectivity index (χ4n) is 0. The van der Waals surface area contributed by atoms with Crippen molar-refractivity contribution < 1.29 is 17.0 Å². The third-order valence-electron chi connectivity index (χ3n) is 0.427. The number of rotatable bonds is 1. The molecule has 0 fully saturated rings. The molecular formula is C5H9BrMg. The van der Waals surface area contributed by atoms with Gasteiger partial charge >= 0.3 is 23.1 Å². The number of halogens is 1. The number of allylic oxidation sites excluding steroid dienone is 1. The van der Waals surface area contributed by atoms with Crippen LogP contribution in [-0.4, -0.2) is 23.1 Å². The Morgan fingerprint density at radius 3 is 1.86 bits per heavy atom. The van der Waals surface area contributed by atoms with Crippen LogP contribution in [0.15, 0.2) is 12.2 Å². The molecule has 0 aromatic heterocycles. The van der Waals surface area contributed by atoms with Crippen LogP contribution in [-0.2, 0) is 0 Å². The van der Waals surface area contributed by atoms with E-state index in [0.717, 1.165) is 12.0 Å². The summed E-state index contributed by atoms with van der Waals surface area (Å²) in [5.74, 6) is 0. The number of hydrogen-bond donors (Lipinski definition) is 0. The average Bonchev–Trinajstić information content (AvgIpc) is 1.38. The molecule has 0 unspecified atom stereocenters. The number of hydrogen-bond acceptors (Lipinski definition) is 0. The summed E-state index contributed by atoms with van der Waals surface area (Å²) in [7, 11) is 0. The van der Waals surface area contributed by atoms with Crippen molar-refractivity contribution >= 4 is 23.1 Å². The summed E-state index contributed by atoms with van der Waals surface area (Å²) in [4.78, 5) is 0. The van der Waals surface area contributed by atoms with Crippen LogP contribution in [0, 0.1) is 6.92 Å². The van der Waals surface area contributed by atoms with Gasteiger partial charge in [-0.15, -0.1) is 12.2 Å². The third-order valence-corrected chi connectivity index (χ3v) is 0.427. The fraction of sp³-hybridized carbons (Fsp3) is 0.400. The standard InChI is InChI=1S/C5H9.BrH.Mg/c1-4-5(2)3;;/h1-2,4H2,3H3;1H;/q-1;;+2/p-1. The summed E-state index contributed by atoms with van der Waals surface area (Å²) in [5.41, 5.74) is 1.14. The van der Waals surface area contributed by atoms with Crippen molar-refractivity contribution in [2.75, 3.05) is 0 Å². The van der Waals surface area contributed by atoms with Crippen LogP contribution in [0.5, 0.6) is 0 Å². The predicted molar refractivity (Wildman–Crippen MR) is 30.5 cm³/mol. The summed E-state index contributed by atoms with van der Waals surface area (Å²) in [5, 5.41) is 0. The first kappa shape index (κ1) is 15.7. The molecule has 0 nitrogen and oxygen atoms in total. The third kappa shape index (κ3) is 19.5. The molecule has 0 aliphatic rings. The van der Waals surface area contributed by atoms with Gasteiger partial charge < -0.3 is 23.9 Å². The summed E-state index contributed by atoms with van der Waals surface area (Å²) in [6.45, 7) is 9.16. The zero-order chi connectivity index (χ0) is 4.28. The van der Waals surface area contributed by atoms with Crippen LogP contribution in [0.2, 0.25) is 0 Å². The molecular weight excluding hydrogens is 164 g/mol. The van der Waals surface area contributed by atoms with Crippen molar-refractivity contribution in [1.29, 1.82) is 0 Å². The fourth-order valence-corrected chi connectivity index (χ4v) is 0. The predicted octanol–water partition coefficient (Wildman–Crippen LogP) is -1.59. The zero-order valence-corrected chi connectivity index (χ0v) is 7.71. The normalized spacial score (nSPS) is 5.43. The van der Waals surface area contributed by atoms with E-state index in [1.54, 1.807) is 0 Å². The molecule has 0 saturated carbocycles. The van der Waals surface area contributed by atoms with E-state index in [-0.39, 0.29) is 40.0 Å². The van der Waals surface area contributed by atoms with Crippen LogP contribution in [0.4, 0.5) is 0 Å². The minimum absolute atomic E-state index is 0. The molecule has 2 heteroatoms. The van der Waals surface area contributed by atoms with Crippen LogP contribution in [0.25, 0.3) is 0 Å². The van der Waals surface area contributed by atoms with Crippen molar-refractivity contribution in [1.82, 2.24) is 0 Å². The monoisotopic (exact) mass is 172 g/mol. The second-order valence-electron chi connectivity index (χ2n) is 1.21. The Balaban J connectivity index is -0.0000000800. The Bertz CT molecular complexity index is 43.3. The first-order chi connectivity index (χ1) is 2.27. The molecule has 0 atom stereocenters. The Labute approximate surface area is 72.3 Å². The molecule has 0 aromatic carbocycles. The minimum Gasteiger partial charge on any atom is -1.00 e. The van der Waals surface area contributed by atoms with Gasteiger partial charge in [-0.25, -0.2) is 0 Å². The van der Waals surface area contributed by atoms with E-state index in [9.17, 15) is 0 Å². The Kier molecular flexibility index (Phi) is 22.6. The largest absolute Gasteiger partial charge is 2.00 e. The molecule has 0 aliphatic carbocycles. The molecule has 0 N–H and O–H groups in total. The van der Waals surface area contributed by atoms with Crippen molar-refractivity contribution in [2.24, 2.45) is 0 Å². The quantitative estimate of drug-likeness (QED) is 0.255. The van der Waals surface area contributed by atoms with E-state index in [0.29, 0.717) is 0 Å².